The highest BCUT2D eigenvalue weighted by molar-refractivity contribution is 6.77. The minimum absolute atomic E-state index is 0.249. The maximum atomic E-state index is 12.2. The highest BCUT2D eigenvalue weighted by atomic mass is 28.4. The van der Waals surface area contributed by atoms with Crippen LogP contribution < -0.4 is 0 Å². The summed E-state index contributed by atoms with van der Waals surface area (Å²) in [6.45, 7) is 17.7. The highest BCUT2D eigenvalue weighted by Gasteiger charge is 2.50. The Bertz CT molecular complexity index is 390. The van der Waals surface area contributed by atoms with Crippen molar-refractivity contribution in [2.24, 2.45) is 5.41 Å². The lowest BCUT2D eigenvalue weighted by Gasteiger charge is -2.44. The molecule has 0 saturated heterocycles. The molecule has 2 unspecified atom stereocenters. The molecule has 1 aliphatic rings. The molecule has 22 heavy (non-hydrogen) atoms. The van der Waals surface area contributed by atoms with Crippen LogP contribution in [0.5, 0.6) is 0 Å². The Balaban J connectivity index is 3.01. The molecule has 0 aliphatic heterocycles. The van der Waals surface area contributed by atoms with Crippen LogP contribution in [-0.2, 0) is 9.22 Å². The van der Waals surface area contributed by atoms with Gasteiger partial charge in [-0.25, -0.2) is 0 Å². The van der Waals surface area contributed by atoms with Crippen LogP contribution >= 0.6 is 0 Å². The number of ketones is 1. The van der Waals surface area contributed by atoms with E-state index in [1.54, 1.807) is 6.92 Å². The molecule has 2 nitrogen and oxygen atoms in total. The Morgan fingerprint density at radius 2 is 1.64 bits per heavy atom. The molecule has 0 radical (unpaired) electrons. The topological polar surface area (TPSA) is 26.3 Å². The summed E-state index contributed by atoms with van der Waals surface area (Å²) in [5.74, 6) is 0.294. The Morgan fingerprint density at radius 3 is 2.00 bits per heavy atom. The monoisotopic (exact) mass is 324 g/mol. The second kappa shape index (κ2) is 7.44. The molecule has 0 bridgehead atoms. The molecule has 128 valence electrons. The van der Waals surface area contributed by atoms with Gasteiger partial charge in [-0.15, -0.1) is 0 Å². The Labute approximate surface area is 138 Å². The standard InChI is InChI=1S/C19H36O2Si/c1-9-11-19(17(8)20)12-10-18(13-19)21-22(14(2)3,15(4)5)16(6)7/h9,11,14-16,18H,10,12-13H2,1-8H3. The van der Waals surface area contributed by atoms with E-state index in [2.05, 4.69) is 47.6 Å². The van der Waals surface area contributed by atoms with Crippen LogP contribution in [0.1, 0.15) is 74.7 Å². The molecule has 1 saturated carbocycles. The van der Waals surface area contributed by atoms with E-state index in [9.17, 15) is 4.79 Å². The number of rotatable bonds is 7. The molecule has 0 aromatic heterocycles. The predicted octanol–water partition coefficient (Wildman–Crippen LogP) is 5.88. The summed E-state index contributed by atoms with van der Waals surface area (Å²) in [5, 5.41) is 0. The quantitative estimate of drug-likeness (QED) is 0.431. The Hall–Kier alpha value is -0.413. The smallest absolute Gasteiger partial charge is 0.200 e. The van der Waals surface area contributed by atoms with E-state index in [0.717, 1.165) is 19.3 Å². The number of carbonyl (C=O) groups excluding carboxylic acids is 1. The van der Waals surface area contributed by atoms with E-state index in [1.165, 1.54) is 0 Å². The van der Waals surface area contributed by atoms with Crippen molar-refractivity contribution in [1.82, 2.24) is 0 Å². The molecule has 3 heteroatoms. The van der Waals surface area contributed by atoms with Crippen LogP contribution in [0.2, 0.25) is 16.6 Å². The predicted molar refractivity (Wildman–Crippen MR) is 97.7 cm³/mol. The van der Waals surface area contributed by atoms with Gasteiger partial charge in [-0.1, -0.05) is 53.7 Å². The third-order valence-corrected chi connectivity index (χ3v) is 11.9. The van der Waals surface area contributed by atoms with Gasteiger partial charge in [0.1, 0.15) is 5.78 Å². The second-order valence-corrected chi connectivity index (χ2v) is 13.4. The van der Waals surface area contributed by atoms with Crippen LogP contribution in [0.4, 0.5) is 0 Å². The number of allylic oxidation sites excluding steroid dienone is 2. The fourth-order valence-electron chi connectivity index (χ4n) is 4.73. The zero-order chi connectivity index (χ0) is 17.1. The van der Waals surface area contributed by atoms with Crippen molar-refractivity contribution in [1.29, 1.82) is 0 Å². The first-order valence-corrected chi connectivity index (χ1v) is 11.1. The van der Waals surface area contributed by atoms with Gasteiger partial charge >= 0.3 is 0 Å². The first-order valence-electron chi connectivity index (χ1n) is 8.95. The van der Waals surface area contributed by atoms with E-state index < -0.39 is 8.32 Å². The Kier molecular flexibility index (Phi) is 6.64. The van der Waals surface area contributed by atoms with E-state index in [0.29, 0.717) is 22.4 Å². The molecule has 2 atom stereocenters. The highest BCUT2D eigenvalue weighted by Crippen LogP contribution is 2.48. The van der Waals surface area contributed by atoms with Crippen LogP contribution in [0.3, 0.4) is 0 Å². The van der Waals surface area contributed by atoms with Crippen molar-refractivity contribution in [2.75, 3.05) is 0 Å². The fraction of sp³-hybridized carbons (Fsp3) is 0.842. The largest absolute Gasteiger partial charge is 0.413 e. The summed E-state index contributed by atoms with van der Waals surface area (Å²) < 4.78 is 6.89. The first-order chi connectivity index (χ1) is 10.1. The van der Waals surface area contributed by atoms with E-state index in [1.807, 2.05) is 13.0 Å². The SMILES string of the molecule is CC=CC1(C(C)=O)CCC(O[Si](C(C)C)(C(C)C)C(C)C)C1. The molecule has 0 N–H and O–H groups in total. The van der Waals surface area contributed by atoms with Gasteiger partial charge in [-0.3, -0.25) is 4.79 Å². The van der Waals surface area contributed by atoms with Crippen LogP contribution in [0, 0.1) is 5.41 Å². The van der Waals surface area contributed by atoms with Gasteiger partial charge in [0, 0.05) is 11.5 Å². The third kappa shape index (κ3) is 3.56. The summed E-state index contributed by atoms with van der Waals surface area (Å²) in [4.78, 5) is 12.2. The summed E-state index contributed by atoms with van der Waals surface area (Å²) >= 11 is 0. The molecular formula is C19H36O2Si. The number of carbonyl (C=O) groups is 1. The molecule has 1 aliphatic carbocycles. The average molecular weight is 325 g/mol. The van der Waals surface area contributed by atoms with Crippen molar-refractivity contribution in [3.05, 3.63) is 12.2 Å². The van der Waals surface area contributed by atoms with Gasteiger partial charge in [-0.2, -0.15) is 0 Å². The second-order valence-electron chi connectivity index (χ2n) is 8.01. The van der Waals surface area contributed by atoms with Crippen LogP contribution in [0.25, 0.3) is 0 Å². The summed E-state index contributed by atoms with van der Waals surface area (Å²) in [5.41, 5.74) is 1.52. The van der Waals surface area contributed by atoms with Gasteiger partial charge in [0.15, 0.2) is 0 Å². The molecule has 0 aromatic carbocycles. The van der Waals surface area contributed by atoms with E-state index >= 15 is 0 Å². The van der Waals surface area contributed by atoms with Gasteiger partial charge in [0.05, 0.1) is 0 Å². The fourth-order valence-corrected chi connectivity index (χ4v) is 10.3. The van der Waals surface area contributed by atoms with Crippen molar-refractivity contribution in [3.8, 4) is 0 Å². The molecule has 0 aromatic rings. The van der Waals surface area contributed by atoms with Gasteiger partial charge in [0.25, 0.3) is 0 Å². The van der Waals surface area contributed by atoms with Crippen molar-refractivity contribution >= 4 is 14.1 Å². The third-order valence-electron chi connectivity index (χ3n) is 5.77. The minimum Gasteiger partial charge on any atom is -0.413 e. The average Bonchev–Trinajstić information content (AvgIpc) is 2.79. The first kappa shape index (κ1) is 19.6. The zero-order valence-electron chi connectivity index (χ0n) is 15.9. The van der Waals surface area contributed by atoms with Crippen LogP contribution in [-0.4, -0.2) is 20.2 Å². The molecule has 1 fully saturated rings. The zero-order valence-corrected chi connectivity index (χ0v) is 16.9. The van der Waals surface area contributed by atoms with Crippen LogP contribution in [0.15, 0.2) is 12.2 Å². The molecule has 0 heterocycles. The number of Topliss-reactive ketones (excluding diaryl/α,β-unsaturated/α-hetero) is 1. The lowest BCUT2D eigenvalue weighted by Crippen LogP contribution is -2.50. The lowest BCUT2D eigenvalue weighted by molar-refractivity contribution is -0.124. The lowest BCUT2D eigenvalue weighted by atomic mass is 9.82. The minimum atomic E-state index is -1.85. The maximum Gasteiger partial charge on any atom is 0.200 e. The molecule has 0 amide bonds. The van der Waals surface area contributed by atoms with Gasteiger partial charge < -0.3 is 4.43 Å². The van der Waals surface area contributed by atoms with E-state index in [-0.39, 0.29) is 11.5 Å². The van der Waals surface area contributed by atoms with Gasteiger partial charge in [-0.05, 0) is 49.7 Å². The Morgan fingerprint density at radius 1 is 1.14 bits per heavy atom. The number of hydrogen-bond acceptors (Lipinski definition) is 2. The number of hydrogen-bond donors (Lipinski definition) is 0. The molecular weight excluding hydrogens is 288 g/mol. The summed E-state index contributed by atoms with van der Waals surface area (Å²) in [6, 6.07) is 0. The van der Waals surface area contributed by atoms with Crippen molar-refractivity contribution in [3.63, 3.8) is 0 Å². The van der Waals surface area contributed by atoms with Gasteiger partial charge in [0.2, 0.25) is 8.32 Å². The summed E-state index contributed by atoms with van der Waals surface area (Å²) in [6.07, 6.45) is 7.22. The maximum absolute atomic E-state index is 12.2. The van der Waals surface area contributed by atoms with Crippen molar-refractivity contribution in [2.45, 2.75) is 97.4 Å². The molecule has 0 spiro atoms. The van der Waals surface area contributed by atoms with E-state index in [4.69, 9.17) is 4.43 Å². The summed E-state index contributed by atoms with van der Waals surface area (Å²) in [7, 11) is -1.85. The van der Waals surface area contributed by atoms with Crippen molar-refractivity contribution < 1.29 is 9.22 Å². The molecule has 1 rings (SSSR count). The normalized spacial score (nSPS) is 26.8.